The van der Waals surface area contributed by atoms with Crippen molar-refractivity contribution in [3.8, 4) is 12.1 Å². The summed E-state index contributed by atoms with van der Waals surface area (Å²) in [6.07, 6.45) is 0. The van der Waals surface area contributed by atoms with Crippen LogP contribution >= 0.6 is 0 Å². The number of hydrogen-bond acceptors (Lipinski definition) is 3. The molecule has 0 atom stereocenters. The Morgan fingerprint density at radius 2 is 1.92 bits per heavy atom. The third-order valence-corrected chi connectivity index (χ3v) is 1.94. The van der Waals surface area contributed by atoms with E-state index in [0.29, 0.717) is 11.3 Å². The van der Waals surface area contributed by atoms with Crippen molar-refractivity contribution >= 4 is 5.69 Å². The molecular formula is C8H8N4. The molecule has 0 aromatic carbocycles. The lowest BCUT2D eigenvalue weighted by atomic mass is 10.2. The first kappa shape index (κ1) is 8.16. The van der Waals surface area contributed by atoms with Gasteiger partial charge in [-0.1, -0.05) is 0 Å². The van der Waals surface area contributed by atoms with Crippen LogP contribution in [-0.4, -0.2) is 4.57 Å². The van der Waals surface area contributed by atoms with E-state index in [0.717, 1.165) is 5.69 Å². The Labute approximate surface area is 70.4 Å². The van der Waals surface area contributed by atoms with Crippen molar-refractivity contribution in [2.75, 3.05) is 5.73 Å². The highest BCUT2D eigenvalue weighted by molar-refractivity contribution is 5.65. The van der Waals surface area contributed by atoms with E-state index in [1.807, 2.05) is 12.1 Å². The second-order valence-corrected chi connectivity index (χ2v) is 2.51. The maximum atomic E-state index is 8.68. The predicted molar refractivity (Wildman–Crippen MR) is 44.0 cm³/mol. The standard InChI is InChI=1S/C8H8N4/c1-5-6(3-9)8(11)7(4-10)12(5)2/h11H2,1-2H3. The molecule has 0 spiro atoms. The fourth-order valence-corrected chi connectivity index (χ4v) is 1.11. The van der Waals surface area contributed by atoms with E-state index in [4.69, 9.17) is 16.3 Å². The molecule has 0 aliphatic rings. The summed E-state index contributed by atoms with van der Waals surface area (Å²) < 4.78 is 1.62. The fraction of sp³-hybridized carbons (Fsp3) is 0.250. The zero-order chi connectivity index (χ0) is 9.30. The van der Waals surface area contributed by atoms with Crippen LogP contribution in [0.5, 0.6) is 0 Å². The first-order valence-corrected chi connectivity index (χ1v) is 3.38. The van der Waals surface area contributed by atoms with Crippen LogP contribution in [0.3, 0.4) is 0 Å². The number of hydrogen-bond donors (Lipinski definition) is 1. The number of nitrogens with zero attached hydrogens (tertiary/aromatic N) is 3. The van der Waals surface area contributed by atoms with E-state index >= 15 is 0 Å². The molecule has 0 radical (unpaired) electrons. The Kier molecular flexibility index (Phi) is 1.76. The molecule has 0 bridgehead atoms. The van der Waals surface area contributed by atoms with Crippen molar-refractivity contribution in [1.29, 1.82) is 10.5 Å². The van der Waals surface area contributed by atoms with Gasteiger partial charge in [-0.25, -0.2) is 0 Å². The van der Waals surface area contributed by atoms with Gasteiger partial charge in [0.15, 0.2) is 0 Å². The first-order chi connectivity index (χ1) is 5.63. The summed E-state index contributed by atoms with van der Waals surface area (Å²) in [7, 11) is 1.71. The minimum absolute atomic E-state index is 0.278. The Morgan fingerprint density at radius 1 is 1.33 bits per heavy atom. The van der Waals surface area contributed by atoms with E-state index in [-0.39, 0.29) is 5.69 Å². The van der Waals surface area contributed by atoms with Gasteiger partial charge in [-0.15, -0.1) is 0 Å². The van der Waals surface area contributed by atoms with Gasteiger partial charge in [0.2, 0.25) is 0 Å². The highest BCUT2D eigenvalue weighted by atomic mass is 15.0. The van der Waals surface area contributed by atoms with Crippen molar-refractivity contribution in [1.82, 2.24) is 4.57 Å². The van der Waals surface area contributed by atoms with E-state index in [9.17, 15) is 0 Å². The molecule has 0 amide bonds. The molecule has 1 heterocycles. The normalized spacial score (nSPS) is 9.00. The molecule has 1 rings (SSSR count). The Balaban J connectivity index is 3.59. The minimum Gasteiger partial charge on any atom is -0.395 e. The molecule has 0 aliphatic carbocycles. The summed E-state index contributed by atoms with van der Waals surface area (Å²) >= 11 is 0. The molecule has 4 heteroatoms. The van der Waals surface area contributed by atoms with Gasteiger partial charge >= 0.3 is 0 Å². The topological polar surface area (TPSA) is 78.5 Å². The summed E-state index contributed by atoms with van der Waals surface area (Å²) in [5, 5.41) is 17.4. The minimum atomic E-state index is 0.278. The van der Waals surface area contributed by atoms with Gasteiger partial charge in [-0.2, -0.15) is 10.5 Å². The number of nitrogen functional groups attached to an aromatic ring is 1. The molecule has 60 valence electrons. The van der Waals surface area contributed by atoms with E-state index in [1.54, 1.807) is 18.5 Å². The van der Waals surface area contributed by atoms with Crippen LogP contribution in [0.1, 0.15) is 17.0 Å². The van der Waals surface area contributed by atoms with Crippen molar-refractivity contribution < 1.29 is 0 Å². The second-order valence-electron chi connectivity index (χ2n) is 2.51. The summed E-state index contributed by atoms with van der Waals surface area (Å²) in [5.74, 6) is 0. The predicted octanol–water partition coefficient (Wildman–Crippen LogP) is 0.659. The number of nitrogens with two attached hydrogens (primary N) is 1. The Morgan fingerprint density at radius 3 is 2.17 bits per heavy atom. The Bertz CT molecular complexity index is 363. The lowest BCUT2D eigenvalue weighted by Gasteiger charge is -1.95. The van der Waals surface area contributed by atoms with Gasteiger partial charge in [0.1, 0.15) is 17.8 Å². The number of aromatic nitrogens is 1. The molecule has 0 aliphatic heterocycles. The third-order valence-electron chi connectivity index (χ3n) is 1.94. The third kappa shape index (κ3) is 0.826. The summed E-state index contributed by atoms with van der Waals surface area (Å²) in [5.41, 5.74) is 7.31. The highest BCUT2D eigenvalue weighted by Crippen LogP contribution is 2.21. The second kappa shape index (κ2) is 2.60. The van der Waals surface area contributed by atoms with Crippen molar-refractivity contribution in [2.24, 2.45) is 7.05 Å². The van der Waals surface area contributed by atoms with E-state index in [1.165, 1.54) is 0 Å². The molecule has 1 aromatic rings. The number of anilines is 1. The van der Waals surface area contributed by atoms with Crippen LogP contribution in [0.2, 0.25) is 0 Å². The SMILES string of the molecule is Cc1c(C#N)c(N)c(C#N)n1C. The molecule has 0 fully saturated rings. The number of nitriles is 2. The smallest absolute Gasteiger partial charge is 0.144 e. The van der Waals surface area contributed by atoms with Crippen LogP contribution in [0.15, 0.2) is 0 Å². The lowest BCUT2D eigenvalue weighted by Crippen LogP contribution is -1.95. The molecule has 0 unspecified atom stereocenters. The molecule has 2 N–H and O–H groups in total. The van der Waals surface area contributed by atoms with E-state index in [2.05, 4.69) is 0 Å². The first-order valence-electron chi connectivity index (χ1n) is 3.38. The van der Waals surface area contributed by atoms with Crippen molar-refractivity contribution in [2.45, 2.75) is 6.92 Å². The van der Waals surface area contributed by atoms with E-state index < -0.39 is 0 Å². The monoisotopic (exact) mass is 160 g/mol. The van der Waals surface area contributed by atoms with Gasteiger partial charge in [0, 0.05) is 12.7 Å². The van der Waals surface area contributed by atoms with Gasteiger partial charge in [-0.3, -0.25) is 0 Å². The van der Waals surface area contributed by atoms with Crippen LogP contribution in [-0.2, 0) is 7.05 Å². The van der Waals surface area contributed by atoms with Gasteiger partial charge in [0.25, 0.3) is 0 Å². The summed E-state index contributed by atoms with van der Waals surface area (Å²) in [6.45, 7) is 1.76. The average molecular weight is 160 g/mol. The van der Waals surface area contributed by atoms with Crippen LogP contribution in [0.4, 0.5) is 5.69 Å². The van der Waals surface area contributed by atoms with Gasteiger partial charge < -0.3 is 10.3 Å². The molecule has 0 saturated carbocycles. The van der Waals surface area contributed by atoms with Gasteiger partial charge in [-0.05, 0) is 6.92 Å². The summed E-state index contributed by atoms with van der Waals surface area (Å²) in [6, 6.07) is 3.91. The number of rotatable bonds is 0. The largest absolute Gasteiger partial charge is 0.395 e. The zero-order valence-electron chi connectivity index (χ0n) is 6.92. The molecule has 12 heavy (non-hydrogen) atoms. The van der Waals surface area contributed by atoms with Crippen molar-refractivity contribution in [3.63, 3.8) is 0 Å². The molecule has 0 saturated heterocycles. The maximum absolute atomic E-state index is 8.68. The molecular weight excluding hydrogens is 152 g/mol. The fourth-order valence-electron chi connectivity index (χ4n) is 1.11. The maximum Gasteiger partial charge on any atom is 0.144 e. The summed E-state index contributed by atoms with van der Waals surface area (Å²) in [4.78, 5) is 0. The molecule has 1 aromatic heterocycles. The van der Waals surface area contributed by atoms with Crippen molar-refractivity contribution in [3.05, 3.63) is 17.0 Å². The average Bonchev–Trinajstić information content (AvgIpc) is 2.25. The van der Waals surface area contributed by atoms with Crippen LogP contribution in [0.25, 0.3) is 0 Å². The zero-order valence-corrected chi connectivity index (χ0v) is 6.92. The molecule has 4 nitrogen and oxygen atoms in total. The van der Waals surface area contributed by atoms with Crippen LogP contribution < -0.4 is 5.73 Å². The van der Waals surface area contributed by atoms with Crippen LogP contribution in [0, 0.1) is 29.6 Å². The lowest BCUT2D eigenvalue weighted by molar-refractivity contribution is 0.865. The quantitative estimate of drug-likeness (QED) is 0.605. The van der Waals surface area contributed by atoms with Gasteiger partial charge in [0.05, 0.1) is 11.3 Å². The Hall–Kier alpha value is -1.94. The highest BCUT2D eigenvalue weighted by Gasteiger charge is 2.14.